The van der Waals surface area contributed by atoms with Crippen LogP contribution < -0.4 is 5.32 Å². The van der Waals surface area contributed by atoms with E-state index in [1.807, 2.05) is 30.0 Å². The number of thioether (sulfide) groups is 1. The molecule has 1 aliphatic heterocycles. The Kier molecular flexibility index (Phi) is 10.6. The highest BCUT2D eigenvalue weighted by molar-refractivity contribution is 14.0. The van der Waals surface area contributed by atoms with Crippen LogP contribution in [0.25, 0.3) is 0 Å². The van der Waals surface area contributed by atoms with E-state index in [1.165, 1.54) is 4.90 Å². The summed E-state index contributed by atoms with van der Waals surface area (Å²) in [5.74, 6) is 3.47. The van der Waals surface area contributed by atoms with Crippen molar-refractivity contribution in [2.24, 2.45) is 10.9 Å². The third-order valence-corrected chi connectivity index (χ3v) is 6.16. The molecule has 1 N–H and O–H groups in total. The summed E-state index contributed by atoms with van der Waals surface area (Å²) in [7, 11) is 3.52. The Labute approximate surface area is 200 Å². The average molecular weight is 542 g/mol. The van der Waals surface area contributed by atoms with E-state index in [1.54, 1.807) is 25.3 Å². The Morgan fingerprint density at radius 2 is 2.07 bits per heavy atom. The molecule has 1 aliphatic rings. The van der Waals surface area contributed by atoms with E-state index < -0.39 is 0 Å². The summed E-state index contributed by atoms with van der Waals surface area (Å²) in [4.78, 5) is 21.8. The third-order valence-electron chi connectivity index (χ3n) is 4.91. The normalized spacial score (nSPS) is 16.3. The van der Waals surface area contributed by atoms with Crippen molar-refractivity contribution in [1.29, 1.82) is 0 Å². The van der Waals surface area contributed by atoms with Crippen molar-refractivity contribution in [3.8, 4) is 0 Å². The number of likely N-dealkylation sites (tertiary alicyclic amines) is 1. The van der Waals surface area contributed by atoms with Gasteiger partial charge in [0.1, 0.15) is 12.3 Å². The van der Waals surface area contributed by atoms with Gasteiger partial charge in [0, 0.05) is 50.8 Å². The number of aliphatic imine (C=N–C) groups is 1. The fourth-order valence-electron chi connectivity index (χ4n) is 3.20. The minimum Gasteiger partial charge on any atom is -0.469 e. The lowest BCUT2D eigenvalue weighted by Gasteiger charge is -2.22. The first-order chi connectivity index (χ1) is 14.1. The number of hydrogen-bond donors (Lipinski definition) is 1. The second kappa shape index (κ2) is 12.9. The summed E-state index contributed by atoms with van der Waals surface area (Å²) in [5.41, 5.74) is 0. The molecule has 8 heteroatoms. The minimum atomic E-state index is 0. The number of hydrogen-bond acceptors (Lipinski definition) is 4. The second-order valence-corrected chi connectivity index (χ2v) is 8.50. The molecular weight excluding hydrogens is 511 g/mol. The van der Waals surface area contributed by atoms with Crippen LogP contribution >= 0.6 is 35.7 Å². The van der Waals surface area contributed by atoms with E-state index in [-0.39, 0.29) is 36.4 Å². The SMILES string of the molecule is CN(C)C(=O)CN=C(NCCc1ccco1)N1CCC(CSc2ccccc2)C1.I. The highest BCUT2D eigenvalue weighted by atomic mass is 127. The molecule has 0 radical (unpaired) electrons. The summed E-state index contributed by atoms with van der Waals surface area (Å²) in [6.45, 7) is 2.81. The zero-order valence-corrected chi connectivity index (χ0v) is 20.8. The Balaban J connectivity index is 0.00000320. The van der Waals surface area contributed by atoms with Gasteiger partial charge in [0.25, 0.3) is 0 Å². The van der Waals surface area contributed by atoms with Crippen LogP contribution in [0.2, 0.25) is 0 Å². The molecule has 6 nitrogen and oxygen atoms in total. The van der Waals surface area contributed by atoms with Crippen LogP contribution in [0.4, 0.5) is 0 Å². The van der Waals surface area contributed by atoms with Crippen molar-refractivity contribution in [3.05, 3.63) is 54.5 Å². The quantitative estimate of drug-likeness (QED) is 0.239. The van der Waals surface area contributed by atoms with Crippen molar-refractivity contribution in [2.45, 2.75) is 17.7 Å². The van der Waals surface area contributed by atoms with Crippen molar-refractivity contribution in [3.63, 3.8) is 0 Å². The maximum atomic E-state index is 12.0. The van der Waals surface area contributed by atoms with Gasteiger partial charge in [0.15, 0.2) is 5.96 Å². The highest BCUT2D eigenvalue weighted by Crippen LogP contribution is 2.25. The number of carbonyl (C=O) groups excluding carboxylic acids is 1. The Hall–Kier alpha value is -1.68. The van der Waals surface area contributed by atoms with Crippen LogP contribution in [0, 0.1) is 5.92 Å². The van der Waals surface area contributed by atoms with Gasteiger partial charge in [-0.05, 0) is 36.6 Å². The molecule has 1 aromatic heterocycles. The molecule has 1 aromatic carbocycles. The molecule has 1 atom stereocenters. The predicted molar refractivity (Wildman–Crippen MR) is 134 cm³/mol. The standard InChI is InChI=1S/C22H30N4O2S.HI/c1-25(2)21(27)15-24-22(23-12-10-19-7-6-14-28-19)26-13-11-18(16-26)17-29-20-8-4-3-5-9-20;/h3-9,14,18H,10-13,15-17H2,1-2H3,(H,23,24);1H. The second-order valence-electron chi connectivity index (χ2n) is 7.41. The van der Waals surface area contributed by atoms with Crippen LogP contribution in [-0.2, 0) is 11.2 Å². The van der Waals surface area contributed by atoms with Gasteiger partial charge in [0.05, 0.1) is 6.26 Å². The monoisotopic (exact) mass is 542 g/mol. The molecule has 1 fully saturated rings. The summed E-state index contributed by atoms with van der Waals surface area (Å²) in [6, 6.07) is 14.4. The fourth-order valence-corrected chi connectivity index (χ4v) is 4.25. The Morgan fingerprint density at radius 1 is 1.27 bits per heavy atom. The first-order valence-electron chi connectivity index (χ1n) is 10.1. The lowest BCUT2D eigenvalue weighted by molar-refractivity contribution is -0.127. The minimum absolute atomic E-state index is 0. The number of halogens is 1. The molecule has 1 amide bonds. The number of nitrogens with zero attached hydrogens (tertiary/aromatic N) is 3. The van der Waals surface area contributed by atoms with Gasteiger partial charge >= 0.3 is 0 Å². The number of likely N-dealkylation sites (N-methyl/N-ethyl adjacent to an activating group) is 1. The number of carbonyl (C=O) groups is 1. The fraction of sp³-hybridized carbons (Fsp3) is 0.455. The number of guanidine groups is 1. The number of rotatable bonds is 8. The van der Waals surface area contributed by atoms with Crippen molar-refractivity contribution < 1.29 is 9.21 Å². The average Bonchev–Trinajstić information content (AvgIpc) is 3.41. The first-order valence-corrected chi connectivity index (χ1v) is 11.0. The predicted octanol–water partition coefficient (Wildman–Crippen LogP) is 3.59. The van der Waals surface area contributed by atoms with Gasteiger partial charge in [-0.25, -0.2) is 4.99 Å². The summed E-state index contributed by atoms with van der Waals surface area (Å²) >= 11 is 1.91. The van der Waals surface area contributed by atoms with E-state index in [2.05, 4.69) is 39.5 Å². The maximum absolute atomic E-state index is 12.0. The van der Waals surface area contributed by atoms with E-state index in [0.717, 1.165) is 49.9 Å². The van der Waals surface area contributed by atoms with Crippen LogP contribution in [0.5, 0.6) is 0 Å². The molecule has 1 unspecified atom stereocenters. The molecule has 1 saturated heterocycles. The van der Waals surface area contributed by atoms with Crippen LogP contribution in [-0.4, -0.2) is 67.7 Å². The van der Waals surface area contributed by atoms with E-state index in [4.69, 9.17) is 4.42 Å². The topological polar surface area (TPSA) is 61.1 Å². The van der Waals surface area contributed by atoms with E-state index in [0.29, 0.717) is 5.92 Å². The molecule has 2 aromatic rings. The molecule has 0 aliphatic carbocycles. The van der Waals surface area contributed by atoms with Crippen LogP contribution in [0.15, 0.2) is 63.0 Å². The maximum Gasteiger partial charge on any atom is 0.243 e. The molecule has 0 spiro atoms. The van der Waals surface area contributed by atoms with Crippen molar-refractivity contribution in [2.75, 3.05) is 46.0 Å². The van der Waals surface area contributed by atoms with Crippen LogP contribution in [0.3, 0.4) is 0 Å². The summed E-state index contributed by atoms with van der Waals surface area (Å²) in [5, 5.41) is 3.43. The third kappa shape index (κ3) is 7.86. The van der Waals surface area contributed by atoms with Crippen LogP contribution in [0.1, 0.15) is 12.2 Å². The largest absolute Gasteiger partial charge is 0.469 e. The van der Waals surface area contributed by atoms with Gasteiger partial charge in [-0.2, -0.15) is 0 Å². The number of benzene rings is 1. The van der Waals surface area contributed by atoms with E-state index >= 15 is 0 Å². The Bertz CT molecular complexity index is 784. The van der Waals surface area contributed by atoms with Gasteiger partial charge in [-0.3, -0.25) is 4.79 Å². The Morgan fingerprint density at radius 3 is 2.77 bits per heavy atom. The molecule has 30 heavy (non-hydrogen) atoms. The zero-order valence-electron chi connectivity index (χ0n) is 17.6. The molecule has 0 saturated carbocycles. The molecule has 164 valence electrons. The molecule has 0 bridgehead atoms. The highest BCUT2D eigenvalue weighted by Gasteiger charge is 2.25. The van der Waals surface area contributed by atoms with Crippen molar-refractivity contribution in [1.82, 2.24) is 15.1 Å². The lowest BCUT2D eigenvalue weighted by atomic mass is 10.2. The van der Waals surface area contributed by atoms with E-state index in [9.17, 15) is 4.79 Å². The van der Waals surface area contributed by atoms with Crippen molar-refractivity contribution >= 4 is 47.6 Å². The van der Waals surface area contributed by atoms with Gasteiger partial charge in [0.2, 0.25) is 5.91 Å². The number of amides is 1. The lowest BCUT2D eigenvalue weighted by Crippen LogP contribution is -2.42. The van der Waals surface area contributed by atoms with Gasteiger partial charge in [-0.1, -0.05) is 18.2 Å². The summed E-state index contributed by atoms with van der Waals surface area (Å²) < 4.78 is 5.40. The molecule has 3 rings (SSSR count). The van der Waals surface area contributed by atoms with Gasteiger partial charge in [-0.15, -0.1) is 35.7 Å². The smallest absolute Gasteiger partial charge is 0.243 e. The zero-order chi connectivity index (χ0) is 20.5. The molecular formula is C22H31IN4O2S. The number of nitrogens with one attached hydrogen (secondary N) is 1. The van der Waals surface area contributed by atoms with Gasteiger partial charge < -0.3 is 19.5 Å². The first kappa shape index (κ1) is 24.6. The molecule has 2 heterocycles. The summed E-state index contributed by atoms with van der Waals surface area (Å²) in [6.07, 6.45) is 3.62. The number of furan rings is 1.